The van der Waals surface area contributed by atoms with Crippen molar-refractivity contribution in [2.24, 2.45) is 5.10 Å². The number of morpholine rings is 2. The molecule has 2 aromatic carbocycles. The lowest BCUT2D eigenvalue weighted by Gasteiger charge is -2.30. The molecule has 0 aliphatic carbocycles. The van der Waals surface area contributed by atoms with E-state index < -0.39 is 0 Å². The molecule has 2 fully saturated rings. The van der Waals surface area contributed by atoms with Crippen molar-refractivity contribution >= 4 is 35.7 Å². The number of nitrogens with zero attached hydrogens (tertiary/aromatic N) is 6. The number of anilines is 3. The van der Waals surface area contributed by atoms with Crippen molar-refractivity contribution in [3.63, 3.8) is 0 Å². The van der Waals surface area contributed by atoms with Crippen molar-refractivity contribution in [1.29, 1.82) is 0 Å². The molecule has 10 nitrogen and oxygen atoms in total. The van der Waals surface area contributed by atoms with Gasteiger partial charge in [-0.1, -0.05) is 35.9 Å². The van der Waals surface area contributed by atoms with Crippen LogP contribution in [0.2, 0.25) is 5.02 Å². The lowest BCUT2D eigenvalue weighted by Crippen LogP contribution is -2.40. The van der Waals surface area contributed by atoms with Gasteiger partial charge in [-0.05, 0) is 35.4 Å². The van der Waals surface area contributed by atoms with E-state index in [0.717, 1.165) is 43.1 Å². The predicted molar refractivity (Wildman–Crippen MR) is 139 cm³/mol. The Morgan fingerprint density at radius 3 is 2.17 bits per heavy atom. The van der Waals surface area contributed by atoms with Crippen molar-refractivity contribution in [3.8, 4) is 5.75 Å². The van der Waals surface area contributed by atoms with Gasteiger partial charge < -0.3 is 24.0 Å². The Kier molecular flexibility index (Phi) is 8.06. The second-order valence-corrected chi connectivity index (χ2v) is 8.75. The summed E-state index contributed by atoms with van der Waals surface area (Å²) < 4.78 is 16.9. The maximum Gasteiger partial charge on any atom is 0.250 e. The fourth-order valence-corrected chi connectivity index (χ4v) is 3.94. The third kappa shape index (κ3) is 6.60. The van der Waals surface area contributed by atoms with Crippen LogP contribution in [0.15, 0.2) is 53.6 Å². The average molecular weight is 510 g/mol. The fourth-order valence-electron chi connectivity index (χ4n) is 3.81. The fraction of sp³-hybridized carbons (Fsp3) is 0.360. The summed E-state index contributed by atoms with van der Waals surface area (Å²) in [5, 5.41) is 5.07. The van der Waals surface area contributed by atoms with Gasteiger partial charge in [0, 0.05) is 31.2 Å². The van der Waals surface area contributed by atoms with Crippen molar-refractivity contribution in [2.45, 2.75) is 6.61 Å². The topological polar surface area (TPSA) is 97.2 Å². The van der Waals surface area contributed by atoms with Crippen molar-refractivity contribution < 1.29 is 14.2 Å². The summed E-state index contributed by atoms with van der Waals surface area (Å²) in [6, 6.07) is 15.3. The van der Waals surface area contributed by atoms with E-state index in [4.69, 9.17) is 30.8 Å². The Labute approximate surface area is 214 Å². The third-order valence-electron chi connectivity index (χ3n) is 5.75. The molecule has 36 heavy (non-hydrogen) atoms. The summed E-state index contributed by atoms with van der Waals surface area (Å²) in [4.78, 5) is 18.1. The molecule has 2 aliphatic heterocycles. The summed E-state index contributed by atoms with van der Waals surface area (Å²) in [6.07, 6.45) is 1.71. The molecule has 2 aliphatic rings. The summed E-state index contributed by atoms with van der Waals surface area (Å²) in [5.41, 5.74) is 4.90. The Morgan fingerprint density at radius 1 is 0.889 bits per heavy atom. The summed E-state index contributed by atoms with van der Waals surface area (Å²) in [7, 11) is 0. The number of aromatic nitrogens is 3. The molecule has 0 radical (unpaired) electrons. The molecule has 188 valence electrons. The molecule has 0 amide bonds. The van der Waals surface area contributed by atoms with Crippen LogP contribution in [0.3, 0.4) is 0 Å². The van der Waals surface area contributed by atoms with E-state index in [1.54, 1.807) is 6.21 Å². The van der Waals surface area contributed by atoms with E-state index in [0.29, 0.717) is 55.9 Å². The lowest BCUT2D eigenvalue weighted by molar-refractivity contribution is 0.121. The number of rotatable bonds is 8. The molecule has 11 heteroatoms. The molecule has 0 spiro atoms. The van der Waals surface area contributed by atoms with Gasteiger partial charge in [0.05, 0.1) is 32.6 Å². The zero-order chi connectivity index (χ0) is 24.6. The van der Waals surface area contributed by atoms with Crippen LogP contribution in [0.25, 0.3) is 0 Å². The minimum Gasteiger partial charge on any atom is -0.489 e. The van der Waals surface area contributed by atoms with Crippen LogP contribution in [0.1, 0.15) is 11.1 Å². The predicted octanol–water partition coefficient (Wildman–Crippen LogP) is 3.22. The standard InChI is InChI=1S/C25H28ClN7O3/c26-21-6-4-19(5-7-21)18-36-22-3-1-2-20(16-22)17-27-31-23-28-24(32-8-12-34-13-9-32)30-25(29-23)33-10-14-35-15-11-33/h1-7,16-17H,8-15,18H2,(H,28,29,30,31)/b27-17-. The number of halogens is 1. The molecule has 0 atom stereocenters. The van der Waals surface area contributed by atoms with Crippen LogP contribution in [0.4, 0.5) is 17.8 Å². The van der Waals surface area contributed by atoms with Gasteiger partial charge in [0.15, 0.2) is 0 Å². The molecule has 1 aromatic heterocycles. The highest BCUT2D eigenvalue weighted by molar-refractivity contribution is 6.30. The summed E-state index contributed by atoms with van der Waals surface area (Å²) in [5.74, 6) is 2.37. The minimum atomic E-state index is 0.388. The average Bonchev–Trinajstić information content (AvgIpc) is 2.94. The highest BCUT2D eigenvalue weighted by Crippen LogP contribution is 2.19. The SMILES string of the molecule is Clc1ccc(COc2cccc(/C=N\Nc3nc(N4CCOCC4)nc(N4CCOCC4)n3)c2)cc1. The second kappa shape index (κ2) is 12.0. The van der Waals surface area contributed by atoms with Gasteiger partial charge in [0.2, 0.25) is 17.8 Å². The van der Waals surface area contributed by atoms with Gasteiger partial charge >= 0.3 is 0 Å². The summed E-state index contributed by atoms with van der Waals surface area (Å²) >= 11 is 5.95. The first-order valence-electron chi connectivity index (χ1n) is 11.9. The second-order valence-electron chi connectivity index (χ2n) is 8.32. The van der Waals surface area contributed by atoms with Gasteiger partial charge in [-0.15, -0.1) is 0 Å². The van der Waals surface area contributed by atoms with Crippen LogP contribution >= 0.6 is 11.6 Å². The van der Waals surface area contributed by atoms with Gasteiger partial charge in [-0.2, -0.15) is 20.1 Å². The van der Waals surface area contributed by atoms with Crippen molar-refractivity contribution in [3.05, 3.63) is 64.7 Å². The van der Waals surface area contributed by atoms with Gasteiger partial charge in [0.1, 0.15) is 12.4 Å². The van der Waals surface area contributed by atoms with Crippen LogP contribution in [-0.4, -0.2) is 73.8 Å². The first kappa shape index (κ1) is 24.2. The van der Waals surface area contributed by atoms with Crippen LogP contribution in [-0.2, 0) is 16.1 Å². The first-order valence-corrected chi connectivity index (χ1v) is 12.3. The van der Waals surface area contributed by atoms with E-state index in [9.17, 15) is 0 Å². The third-order valence-corrected chi connectivity index (χ3v) is 6.01. The quantitative estimate of drug-likeness (QED) is 0.362. The number of hydrogen-bond acceptors (Lipinski definition) is 10. The molecule has 0 saturated carbocycles. The molecule has 5 rings (SSSR count). The highest BCUT2D eigenvalue weighted by Gasteiger charge is 2.20. The van der Waals surface area contributed by atoms with E-state index in [-0.39, 0.29) is 0 Å². The number of hydrazone groups is 1. The Balaban J connectivity index is 1.26. The Hall–Kier alpha value is -3.47. The molecule has 1 N–H and O–H groups in total. The first-order chi connectivity index (χ1) is 17.7. The number of benzene rings is 2. The summed E-state index contributed by atoms with van der Waals surface area (Å²) in [6.45, 7) is 5.99. The van der Waals surface area contributed by atoms with Crippen molar-refractivity contribution in [2.75, 3.05) is 67.8 Å². The lowest BCUT2D eigenvalue weighted by atomic mass is 10.2. The highest BCUT2D eigenvalue weighted by atomic mass is 35.5. The zero-order valence-electron chi connectivity index (χ0n) is 19.8. The molecule has 0 bridgehead atoms. The maximum atomic E-state index is 5.95. The molecule has 3 aromatic rings. The van der Waals surface area contributed by atoms with Crippen LogP contribution < -0.4 is 20.0 Å². The Bertz CT molecular complexity index is 1130. The molecular formula is C25H28ClN7O3. The largest absolute Gasteiger partial charge is 0.489 e. The van der Waals surface area contributed by atoms with E-state index >= 15 is 0 Å². The van der Waals surface area contributed by atoms with Crippen LogP contribution in [0, 0.1) is 0 Å². The normalized spacial score (nSPS) is 16.4. The van der Waals surface area contributed by atoms with Crippen molar-refractivity contribution in [1.82, 2.24) is 15.0 Å². The number of hydrogen-bond donors (Lipinski definition) is 1. The molecule has 3 heterocycles. The molecule has 0 unspecified atom stereocenters. The number of nitrogens with one attached hydrogen (secondary N) is 1. The van der Waals surface area contributed by atoms with E-state index in [1.165, 1.54) is 0 Å². The van der Waals surface area contributed by atoms with Gasteiger partial charge in [-0.25, -0.2) is 5.43 Å². The molecule has 2 saturated heterocycles. The smallest absolute Gasteiger partial charge is 0.250 e. The van der Waals surface area contributed by atoms with E-state index in [2.05, 4.69) is 30.3 Å². The van der Waals surface area contributed by atoms with Gasteiger partial charge in [-0.3, -0.25) is 0 Å². The monoisotopic (exact) mass is 509 g/mol. The number of ether oxygens (including phenoxy) is 3. The maximum absolute atomic E-state index is 5.95. The minimum absolute atomic E-state index is 0.388. The van der Waals surface area contributed by atoms with Crippen LogP contribution in [0.5, 0.6) is 5.75 Å². The Morgan fingerprint density at radius 2 is 1.53 bits per heavy atom. The van der Waals surface area contributed by atoms with E-state index in [1.807, 2.05) is 48.5 Å². The molecular weight excluding hydrogens is 482 g/mol. The van der Waals surface area contributed by atoms with Gasteiger partial charge in [0.25, 0.3) is 0 Å². The zero-order valence-corrected chi connectivity index (χ0v) is 20.6.